The number of nitrogens with one attached hydrogen (secondary N) is 1. The molecule has 1 aliphatic heterocycles. The molecule has 3 rings (SSSR count). The third-order valence-electron chi connectivity index (χ3n) is 4.59. The minimum absolute atomic E-state index is 0.112. The molecule has 1 aromatic carbocycles. The van der Waals surface area contributed by atoms with Crippen molar-refractivity contribution in [3.05, 3.63) is 51.4 Å². The molecule has 1 aromatic heterocycles. The van der Waals surface area contributed by atoms with E-state index in [1.807, 2.05) is 36.9 Å². The third kappa shape index (κ3) is 4.76. The molecule has 0 atom stereocenters. The van der Waals surface area contributed by atoms with Crippen LogP contribution in [0.3, 0.4) is 0 Å². The summed E-state index contributed by atoms with van der Waals surface area (Å²) in [4.78, 5) is 31.9. The van der Waals surface area contributed by atoms with Gasteiger partial charge in [0, 0.05) is 32.0 Å². The molecule has 0 unspecified atom stereocenters. The lowest BCUT2D eigenvalue weighted by molar-refractivity contribution is -0.116. The average Bonchev–Trinajstić information content (AvgIpc) is 2.67. The average molecular weight is 386 g/mol. The number of aromatic nitrogens is 2. The number of rotatable bonds is 6. The fourth-order valence-electron chi connectivity index (χ4n) is 3.20. The van der Waals surface area contributed by atoms with Crippen molar-refractivity contribution in [3.8, 4) is 0 Å². The van der Waals surface area contributed by atoms with Gasteiger partial charge in [-0.05, 0) is 25.5 Å². The number of hydrogen-bond donors (Lipinski definition) is 1. The Kier molecular flexibility index (Phi) is 6.43. The zero-order valence-corrected chi connectivity index (χ0v) is 16.5. The van der Waals surface area contributed by atoms with Crippen molar-refractivity contribution in [2.75, 3.05) is 43.6 Å². The standard InChI is InChI=1S/C20H26N4O4/c1-14-4-5-17(15(2)10-14)22-18(25)12-24-19(26)11-16(13-27-3)21-20(24)23-6-8-28-9-7-23/h4-5,10-11H,6-9,12-13H2,1-3H3,(H,22,25). The van der Waals surface area contributed by atoms with E-state index in [0.29, 0.717) is 37.9 Å². The summed E-state index contributed by atoms with van der Waals surface area (Å²) in [5.74, 6) is 0.198. The summed E-state index contributed by atoms with van der Waals surface area (Å²) >= 11 is 0. The molecule has 28 heavy (non-hydrogen) atoms. The first kappa shape index (κ1) is 20.0. The van der Waals surface area contributed by atoms with Crippen molar-refractivity contribution in [1.29, 1.82) is 0 Å². The number of anilines is 2. The van der Waals surface area contributed by atoms with Gasteiger partial charge in [0.05, 0.1) is 25.5 Å². The zero-order valence-electron chi connectivity index (χ0n) is 16.5. The SMILES string of the molecule is COCc1cc(=O)n(CC(=O)Nc2ccc(C)cc2C)c(N2CCOCC2)n1. The Labute approximate surface area is 164 Å². The second-order valence-corrected chi connectivity index (χ2v) is 6.87. The second kappa shape index (κ2) is 8.99. The first-order valence-electron chi connectivity index (χ1n) is 9.27. The Morgan fingerprint density at radius 1 is 1.25 bits per heavy atom. The zero-order chi connectivity index (χ0) is 20.1. The van der Waals surface area contributed by atoms with Crippen LogP contribution in [0.1, 0.15) is 16.8 Å². The summed E-state index contributed by atoms with van der Waals surface area (Å²) in [6.45, 7) is 6.40. The molecule has 0 saturated carbocycles. The summed E-state index contributed by atoms with van der Waals surface area (Å²) in [7, 11) is 1.55. The molecule has 8 heteroatoms. The van der Waals surface area contributed by atoms with Crippen molar-refractivity contribution in [2.45, 2.75) is 27.0 Å². The highest BCUT2D eigenvalue weighted by Crippen LogP contribution is 2.17. The minimum Gasteiger partial charge on any atom is -0.378 e. The van der Waals surface area contributed by atoms with Crippen LogP contribution in [0.2, 0.25) is 0 Å². The van der Waals surface area contributed by atoms with E-state index >= 15 is 0 Å². The Hall–Kier alpha value is -2.71. The molecule has 1 fully saturated rings. The van der Waals surface area contributed by atoms with Crippen molar-refractivity contribution < 1.29 is 14.3 Å². The lowest BCUT2D eigenvalue weighted by Crippen LogP contribution is -2.42. The van der Waals surface area contributed by atoms with Gasteiger partial charge in [-0.15, -0.1) is 0 Å². The van der Waals surface area contributed by atoms with E-state index in [9.17, 15) is 9.59 Å². The van der Waals surface area contributed by atoms with Gasteiger partial charge in [0.15, 0.2) is 0 Å². The predicted octanol–water partition coefficient (Wildman–Crippen LogP) is 1.48. The van der Waals surface area contributed by atoms with Gasteiger partial charge in [-0.2, -0.15) is 0 Å². The van der Waals surface area contributed by atoms with Crippen molar-refractivity contribution in [1.82, 2.24) is 9.55 Å². The van der Waals surface area contributed by atoms with Gasteiger partial charge in [-0.3, -0.25) is 14.2 Å². The van der Waals surface area contributed by atoms with Crippen LogP contribution < -0.4 is 15.8 Å². The van der Waals surface area contributed by atoms with E-state index in [2.05, 4.69) is 10.3 Å². The first-order chi connectivity index (χ1) is 13.5. The smallest absolute Gasteiger partial charge is 0.255 e. The van der Waals surface area contributed by atoms with Crippen molar-refractivity contribution in [2.24, 2.45) is 0 Å². The molecule has 0 radical (unpaired) electrons. The lowest BCUT2D eigenvalue weighted by atomic mass is 10.1. The lowest BCUT2D eigenvalue weighted by Gasteiger charge is -2.29. The highest BCUT2D eigenvalue weighted by Gasteiger charge is 2.20. The largest absolute Gasteiger partial charge is 0.378 e. The minimum atomic E-state index is -0.278. The normalized spacial score (nSPS) is 14.2. The Morgan fingerprint density at radius 3 is 2.68 bits per heavy atom. The highest BCUT2D eigenvalue weighted by molar-refractivity contribution is 5.91. The summed E-state index contributed by atoms with van der Waals surface area (Å²) in [6, 6.07) is 7.23. The highest BCUT2D eigenvalue weighted by atomic mass is 16.5. The van der Waals surface area contributed by atoms with Crippen LogP contribution in [-0.4, -0.2) is 48.9 Å². The number of carbonyl (C=O) groups excluding carboxylic acids is 1. The maximum Gasteiger partial charge on any atom is 0.255 e. The predicted molar refractivity (Wildman–Crippen MR) is 107 cm³/mol. The molecule has 1 N–H and O–H groups in total. The molecule has 8 nitrogen and oxygen atoms in total. The number of nitrogens with zero attached hydrogens (tertiary/aromatic N) is 3. The summed E-state index contributed by atoms with van der Waals surface area (Å²) in [5, 5.41) is 2.89. The molecule has 2 aromatic rings. The van der Waals surface area contributed by atoms with Crippen molar-refractivity contribution >= 4 is 17.5 Å². The van der Waals surface area contributed by atoms with E-state index in [0.717, 1.165) is 16.8 Å². The summed E-state index contributed by atoms with van der Waals surface area (Å²) in [5.41, 5.74) is 3.10. The topological polar surface area (TPSA) is 85.7 Å². The van der Waals surface area contributed by atoms with Gasteiger partial charge < -0.3 is 19.7 Å². The van der Waals surface area contributed by atoms with E-state index < -0.39 is 0 Å². The van der Waals surface area contributed by atoms with E-state index in [1.54, 1.807) is 7.11 Å². The summed E-state index contributed by atoms with van der Waals surface area (Å²) < 4.78 is 11.9. The van der Waals surface area contributed by atoms with Gasteiger partial charge in [0.25, 0.3) is 5.56 Å². The third-order valence-corrected chi connectivity index (χ3v) is 4.59. The van der Waals surface area contributed by atoms with Gasteiger partial charge in [0.2, 0.25) is 11.9 Å². The molecule has 2 heterocycles. The van der Waals surface area contributed by atoms with Crippen molar-refractivity contribution in [3.63, 3.8) is 0 Å². The number of methoxy groups -OCH3 is 1. The molecule has 0 bridgehead atoms. The monoisotopic (exact) mass is 386 g/mol. The quantitative estimate of drug-likeness (QED) is 0.809. The molecule has 150 valence electrons. The number of carbonyl (C=O) groups is 1. The second-order valence-electron chi connectivity index (χ2n) is 6.87. The number of ether oxygens (including phenoxy) is 2. The fourth-order valence-corrected chi connectivity index (χ4v) is 3.20. The van der Waals surface area contributed by atoms with Crippen LogP contribution in [0.5, 0.6) is 0 Å². The van der Waals surface area contributed by atoms with Gasteiger partial charge >= 0.3 is 0 Å². The molecule has 1 aliphatic rings. The van der Waals surface area contributed by atoms with Crippen LogP contribution >= 0.6 is 0 Å². The fraction of sp³-hybridized carbons (Fsp3) is 0.450. The number of hydrogen-bond acceptors (Lipinski definition) is 6. The number of aryl methyl sites for hydroxylation is 2. The molecule has 0 aliphatic carbocycles. The molecular weight excluding hydrogens is 360 g/mol. The molecule has 1 saturated heterocycles. The number of morpholine rings is 1. The van der Waals surface area contributed by atoms with Crippen LogP contribution in [-0.2, 0) is 27.4 Å². The first-order valence-corrected chi connectivity index (χ1v) is 9.27. The van der Waals surface area contributed by atoms with Crippen LogP contribution in [0, 0.1) is 13.8 Å². The molecular formula is C20H26N4O4. The Morgan fingerprint density at radius 2 is 2.00 bits per heavy atom. The maximum atomic E-state index is 12.7. The molecule has 0 spiro atoms. The van der Waals surface area contributed by atoms with Gasteiger partial charge in [-0.1, -0.05) is 17.7 Å². The van der Waals surface area contributed by atoms with E-state index in [1.165, 1.54) is 10.6 Å². The van der Waals surface area contributed by atoms with Crippen LogP contribution in [0.25, 0.3) is 0 Å². The maximum absolute atomic E-state index is 12.7. The summed E-state index contributed by atoms with van der Waals surface area (Å²) in [6.07, 6.45) is 0. The molecule has 1 amide bonds. The number of amides is 1. The van der Waals surface area contributed by atoms with Gasteiger partial charge in [0.1, 0.15) is 6.54 Å². The Balaban J connectivity index is 1.86. The Bertz CT molecular complexity index is 904. The van der Waals surface area contributed by atoms with Crippen LogP contribution in [0.15, 0.2) is 29.1 Å². The van der Waals surface area contributed by atoms with Crippen LogP contribution in [0.4, 0.5) is 11.6 Å². The van der Waals surface area contributed by atoms with E-state index in [4.69, 9.17) is 9.47 Å². The van der Waals surface area contributed by atoms with Gasteiger partial charge in [-0.25, -0.2) is 4.98 Å². The number of benzene rings is 1. The van der Waals surface area contributed by atoms with E-state index in [-0.39, 0.29) is 24.6 Å².